The van der Waals surface area contributed by atoms with Crippen molar-refractivity contribution in [1.82, 2.24) is 4.91 Å². The fraction of sp³-hybridized carbons (Fsp3) is 0.364. The largest absolute Gasteiger partial charge is 0.336 e. The minimum Gasteiger partial charge on any atom is -0.264 e. The van der Waals surface area contributed by atoms with E-state index in [9.17, 15) is 4.79 Å². The van der Waals surface area contributed by atoms with Crippen LogP contribution in [0.3, 0.4) is 0 Å². The molecule has 1 fully saturated rings. The van der Waals surface area contributed by atoms with Gasteiger partial charge in [0.05, 0.1) is 5.41 Å². The highest BCUT2D eigenvalue weighted by Gasteiger charge is 2.58. The summed E-state index contributed by atoms with van der Waals surface area (Å²) < 4.78 is 0. The topological polar surface area (TPSA) is 67.4 Å². The number of carbonyl (C=O) groups is 1. The van der Waals surface area contributed by atoms with Gasteiger partial charge in [-0.1, -0.05) is 30.3 Å². The fourth-order valence-electron chi connectivity index (χ4n) is 1.93. The van der Waals surface area contributed by atoms with Crippen LogP contribution in [0.15, 0.2) is 35.4 Å². The van der Waals surface area contributed by atoms with Crippen molar-refractivity contribution in [1.29, 1.82) is 5.53 Å². The number of benzene rings is 1. The van der Waals surface area contributed by atoms with Gasteiger partial charge in [-0.15, -0.1) is 0 Å². The van der Waals surface area contributed by atoms with E-state index in [-0.39, 0.29) is 11.8 Å². The predicted octanol–water partition coefficient (Wildman–Crippen LogP) is 2.26. The quantitative estimate of drug-likeness (QED) is 0.580. The molecular formula is C11H12N3O+. The Morgan fingerprint density at radius 3 is 2.80 bits per heavy atom. The first-order valence-corrected chi connectivity index (χ1v) is 4.85. The molecule has 1 saturated carbocycles. The van der Waals surface area contributed by atoms with Crippen LogP contribution in [0.1, 0.15) is 24.8 Å². The number of nitrogens with zero attached hydrogens (tertiary/aromatic N) is 2. The van der Waals surface area contributed by atoms with Gasteiger partial charge in [0, 0.05) is 0 Å². The Morgan fingerprint density at radius 2 is 2.20 bits per heavy atom. The van der Waals surface area contributed by atoms with E-state index in [0.29, 0.717) is 0 Å². The number of hydrogen-bond acceptors (Lipinski definition) is 2. The molecule has 0 heterocycles. The molecule has 4 heteroatoms. The second-order valence-electron chi connectivity index (χ2n) is 4.09. The first-order valence-electron chi connectivity index (χ1n) is 4.85. The summed E-state index contributed by atoms with van der Waals surface area (Å²) in [6.07, 6.45) is 0.800. The summed E-state index contributed by atoms with van der Waals surface area (Å²) >= 11 is 0. The maximum absolute atomic E-state index is 11.5. The molecule has 1 N–H and O–H groups in total. The number of nitrogens with one attached hydrogen (secondary N) is 1. The third kappa shape index (κ3) is 1.60. The van der Waals surface area contributed by atoms with Crippen LogP contribution in [0.5, 0.6) is 0 Å². The zero-order valence-corrected chi connectivity index (χ0v) is 8.47. The summed E-state index contributed by atoms with van der Waals surface area (Å²) in [6, 6.07) is 9.91. The number of hydrogen-bond donors (Lipinski definition) is 1. The molecule has 0 aromatic heterocycles. The van der Waals surface area contributed by atoms with Crippen LogP contribution < -0.4 is 4.91 Å². The molecule has 15 heavy (non-hydrogen) atoms. The molecule has 1 aromatic rings. The van der Waals surface area contributed by atoms with Crippen LogP contribution >= 0.6 is 0 Å². The normalized spacial score (nSPS) is 27.9. The molecule has 76 valence electrons. The molecular weight excluding hydrogens is 190 g/mol. The van der Waals surface area contributed by atoms with Gasteiger partial charge in [0.25, 0.3) is 0 Å². The van der Waals surface area contributed by atoms with Gasteiger partial charge in [0.2, 0.25) is 4.91 Å². The smallest absolute Gasteiger partial charge is 0.264 e. The molecule has 1 amide bonds. The second kappa shape index (κ2) is 3.41. The second-order valence-corrected chi connectivity index (χ2v) is 4.09. The fourth-order valence-corrected chi connectivity index (χ4v) is 1.93. The Bertz CT molecular complexity index is 436. The molecule has 4 nitrogen and oxygen atoms in total. The van der Waals surface area contributed by atoms with E-state index in [0.717, 1.165) is 12.0 Å². The lowest BCUT2D eigenvalue weighted by atomic mass is 10.0. The lowest BCUT2D eigenvalue weighted by Crippen LogP contribution is -2.11. The average Bonchev–Trinajstić information content (AvgIpc) is 2.94. The van der Waals surface area contributed by atoms with Crippen LogP contribution in [0, 0.1) is 10.9 Å². The number of carbonyl (C=O) groups excluding carboxylic acids is 1. The van der Waals surface area contributed by atoms with Crippen LogP contribution in [0.25, 0.3) is 0 Å². The van der Waals surface area contributed by atoms with Crippen molar-refractivity contribution in [3.05, 3.63) is 35.9 Å². The van der Waals surface area contributed by atoms with Gasteiger partial charge in [0.1, 0.15) is 5.53 Å². The third-order valence-electron chi connectivity index (χ3n) is 3.07. The predicted molar refractivity (Wildman–Crippen MR) is 54.2 cm³/mol. The van der Waals surface area contributed by atoms with E-state index in [1.54, 1.807) is 0 Å². The minimum atomic E-state index is -0.439. The first kappa shape index (κ1) is 9.74. The SMILES string of the molecule is C[C@@]1(C(=O)N=[N+]=N)C[C@H]1c1ccccc1. The van der Waals surface area contributed by atoms with E-state index >= 15 is 0 Å². The highest BCUT2D eigenvalue weighted by Crippen LogP contribution is 2.59. The van der Waals surface area contributed by atoms with E-state index in [2.05, 4.69) is 10.0 Å². The molecule has 1 aliphatic carbocycles. The number of rotatable bonds is 2. The highest BCUT2D eigenvalue weighted by atomic mass is 16.2. The molecule has 2 atom stereocenters. The summed E-state index contributed by atoms with van der Waals surface area (Å²) in [5.74, 6) is -0.0527. The van der Waals surface area contributed by atoms with Gasteiger partial charge in [-0.3, -0.25) is 4.79 Å². The van der Waals surface area contributed by atoms with Crippen molar-refractivity contribution in [2.24, 2.45) is 10.5 Å². The van der Waals surface area contributed by atoms with Gasteiger partial charge in [-0.25, -0.2) is 0 Å². The Balaban J connectivity index is 2.19. The summed E-state index contributed by atoms with van der Waals surface area (Å²) in [5.41, 5.74) is 7.27. The van der Waals surface area contributed by atoms with Crippen LogP contribution in [0.4, 0.5) is 0 Å². The van der Waals surface area contributed by atoms with E-state index in [1.165, 1.54) is 0 Å². The van der Waals surface area contributed by atoms with Gasteiger partial charge >= 0.3 is 5.91 Å². The molecule has 1 aliphatic rings. The van der Waals surface area contributed by atoms with Crippen molar-refractivity contribution >= 4 is 5.91 Å². The molecule has 0 unspecified atom stereocenters. The van der Waals surface area contributed by atoms with E-state index in [4.69, 9.17) is 5.53 Å². The Kier molecular flexibility index (Phi) is 2.21. The number of amides is 1. The Labute approximate surface area is 87.5 Å². The minimum absolute atomic E-state index is 0.233. The van der Waals surface area contributed by atoms with Gasteiger partial charge in [0.15, 0.2) is 5.11 Å². The maximum atomic E-state index is 11.5. The van der Waals surface area contributed by atoms with Crippen LogP contribution in [-0.4, -0.2) is 5.91 Å². The van der Waals surface area contributed by atoms with Crippen molar-refractivity contribution in [2.75, 3.05) is 0 Å². The summed E-state index contributed by atoms with van der Waals surface area (Å²) in [4.78, 5) is 14.3. The molecule has 0 bridgehead atoms. The summed E-state index contributed by atoms with van der Waals surface area (Å²) in [6.45, 7) is 1.88. The highest BCUT2D eigenvalue weighted by molar-refractivity contribution is 5.87. The monoisotopic (exact) mass is 202 g/mol. The standard InChI is InChI=1S/C11H12N3O/c1-11(10(15)13-14-12)7-9(11)8-5-3-2-4-6-8/h2-6,9,12H,7H2,1H3/q+1/t9-,11+/m0/s1. The lowest BCUT2D eigenvalue weighted by molar-refractivity contribution is -0.123. The maximum Gasteiger partial charge on any atom is 0.336 e. The summed E-state index contributed by atoms with van der Waals surface area (Å²) in [7, 11) is 0. The van der Waals surface area contributed by atoms with Crippen molar-refractivity contribution in [3.63, 3.8) is 0 Å². The van der Waals surface area contributed by atoms with Crippen molar-refractivity contribution in [2.45, 2.75) is 19.3 Å². The lowest BCUT2D eigenvalue weighted by Gasteiger charge is -2.02. The molecule has 0 saturated heterocycles. The molecule has 0 radical (unpaired) electrons. The molecule has 1 aromatic carbocycles. The van der Waals surface area contributed by atoms with Crippen LogP contribution in [-0.2, 0) is 4.79 Å². The van der Waals surface area contributed by atoms with Crippen molar-refractivity contribution < 1.29 is 4.79 Å². The van der Waals surface area contributed by atoms with E-state index in [1.807, 2.05) is 37.3 Å². The van der Waals surface area contributed by atoms with Crippen molar-refractivity contribution in [3.8, 4) is 0 Å². The first-order chi connectivity index (χ1) is 7.18. The molecule has 2 rings (SSSR count). The molecule has 0 spiro atoms. The van der Waals surface area contributed by atoms with E-state index < -0.39 is 5.41 Å². The van der Waals surface area contributed by atoms with Gasteiger partial charge < -0.3 is 0 Å². The van der Waals surface area contributed by atoms with Gasteiger partial charge in [-0.2, -0.15) is 0 Å². The Morgan fingerprint density at radius 1 is 1.53 bits per heavy atom. The average molecular weight is 202 g/mol. The zero-order valence-electron chi connectivity index (χ0n) is 8.47. The summed E-state index contributed by atoms with van der Waals surface area (Å²) in [5, 5.41) is 3.29. The zero-order chi connectivity index (χ0) is 10.9. The van der Waals surface area contributed by atoms with Crippen LogP contribution in [0.2, 0.25) is 0 Å². The Hall–Kier alpha value is -1.80. The third-order valence-corrected chi connectivity index (χ3v) is 3.07. The molecule has 0 aliphatic heterocycles. The van der Waals surface area contributed by atoms with Gasteiger partial charge in [-0.05, 0) is 24.8 Å².